The lowest BCUT2D eigenvalue weighted by Crippen LogP contribution is -2.10. The average Bonchev–Trinajstić information content (AvgIpc) is 3.12. The van der Waals surface area contributed by atoms with Crippen LogP contribution in [0.5, 0.6) is 0 Å². The van der Waals surface area contributed by atoms with E-state index in [9.17, 15) is 18.7 Å². The molecular weight excluding hydrogens is 394 g/mol. The first-order valence-corrected chi connectivity index (χ1v) is 8.92. The molecule has 2 aromatic carbocycles. The number of carboxylic acids is 1. The third kappa shape index (κ3) is 5.00. The molecule has 0 unspecified atom stereocenters. The molecule has 154 valence electrons. The van der Waals surface area contributed by atoms with Gasteiger partial charge >= 0.3 is 5.97 Å². The molecule has 0 aliphatic rings. The summed E-state index contributed by atoms with van der Waals surface area (Å²) in [6, 6.07) is 11.4. The molecule has 30 heavy (non-hydrogen) atoms. The van der Waals surface area contributed by atoms with Crippen LogP contribution in [0.1, 0.15) is 23.4 Å². The lowest BCUT2D eigenvalue weighted by molar-refractivity contribution is -0.138. The number of allylic oxidation sites excluding steroid dienone is 2. The van der Waals surface area contributed by atoms with Gasteiger partial charge in [0.1, 0.15) is 11.6 Å². The smallest absolute Gasteiger partial charge is 0.306 e. The van der Waals surface area contributed by atoms with Crippen molar-refractivity contribution in [2.24, 2.45) is 7.05 Å². The number of aromatic nitrogens is 4. The van der Waals surface area contributed by atoms with Crippen molar-refractivity contribution < 1.29 is 23.8 Å². The molecule has 1 heterocycles. The number of hydrogen-bond donors (Lipinski definition) is 2. The first-order valence-electron chi connectivity index (χ1n) is 8.92. The summed E-state index contributed by atoms with van der Waals surface area (Å²) in [6.45, 7) is 0. The van der Waals surface area contributed by atoms with E-state index in [1.807, 2.05) is 0 Å². The van der Waals surface area contributed by atoms with Crippen molar-refractivity contribution in [3.05, 3.63) is 89.3 Å². The topological polar surface area (TPSA) is 101 Å². The highest BCUT2D eigenvalue weighted by molar-refractivity contribution is 6.00. The van der Waals surface area contributed by atoms with Gasteiger partial charge in [-0.2, -0.15) is 0 Å². The number of aliphatic hydroxyl groups is 1. The Morgan fingerprint density at radius 1 is 1.07 bits per heavy atom. The van der Waals surface area contributed by atoms with Crippen LogP contribution in [0.3, 0.4) is 0 Å². The normalized spacial score (nSPS) is 12.1. The van der Waals surface area contributed by atoms with Crippen molar-refractivity contribution >= 4 is 17.1 Å². The Balaban J connectivity index is 2.26. The summed E-state index contributed by atoms with van der Waals surface area (Å²) in [7, 11) is 1.61. The number of rotatable bonds is 7. The molecule has 0 saturated carbocycles. The molecule has 0 bridgehead atoms. The third-order valence-electron chi connectivity index (χ3n) is 4.26. The molecule has 3 aromatic rings. The number of nitrogens with zero attached hydrogens (tertiary/aromatic N) is 4. The second-order valence-corrected chi connectivity index (χ2v) is 6.45. The molecule has 0 radical (unpaired) electrons. The molecule has 0 aliphatic carbocycles. The van der Waals surface area contributed by atoms with Gasteiger partial charge in [0.2, 0.25) is 0 Å². The molecule has 0 saturated heterocycles. The minimum absolute atomic E-state index is 0.317. The highest BCUT2D eigenvalue weighted by atomic mass is 19.1. The van der Waals surface area contributed by atoms with Crippen molar-refractivity contribution in [2.45, 2.75) is 12.5 Å². The van der Waals surface area contributed by atoms with Gasteiger partial charge in [-0.3, -0.25) is 4.79 Å². The highest BCUT2D eigenvalue weighted by Gasteiger charge is 2.18. The third-order valence-corrected chi connectivity index (χ3v) is 4.26. The van der Waals surface area contributed by atoms with E-state index in [1.54, 1.807) is 31.3 Å². The number of halogens is 2. The predicted octanol–water partition coefficient (Wildman–Crippen LogP) is 2.84. The monoisotopic (exact) mass is 412 g/mol. The number of aryl methyl sites for hydroxylation is 1. The van der Waals surface area contributed by atoms with Gasteiger partial charge in [0, 0.05) is 12.6 Å². The minimum atomic E-state index is -1.25. The van der Waals surface area contributed by atoms with E-state index in [2.05, 4.69) is 15.5 Å². The van der Waals surface area contributed by atoms with Crippen molar-refractivity contribution in [3.63, 3.8) is 0 Å². The molecule has 7 nitrogen and oxygen atoms in total. The van der Waals surface area contributed by atoms with Gasteiger partial charge in [0.05, 0.1) is 12.5 Å². The van der Waals surface area contributed by atoms with Gasteiger partial charge in [0.15, 0.2) is 5.82 Å². The number of tetrazole rings is 1. The number of aliphatic carboxylic acids is 1. The van der Waals surface area contributed by atoms with Gasteiger partial charge < -0.3 is 10.2 Å². The molecule has 1 aromatic heterocycles. The highest BCUT2D eigenvalue weighted by Crippen LogP contribution is 2.32. The molecule has 0 aliphatic heterocycles. The van der Waals surface area contributed by atoms with E-state index in [4.69, 9.17) is 5.11 Å². The summed E-state index contributed by atoms with van der Waals surface area (Å²) in [5, 5.41) is 30.3. The fourth-order valence-corrected chi connectivity index (χ4v) is 2.89. The maximum absolute atomic E-state index is 13.5. The summed E-state index contributed by atoms with van der Waals surface area (Å²) in [6.07, 6.45) is 1.08. The van der Waals surface area contributed by atoms with Gasteiger partial charge in [-0.15, -0.1) is 5.10 Å². The van der Waals surface area contributed by atoms with Crippen LogP contribution in [0.2, 0.25) is 0 Å². The van der Waals surface area contributed by atoms with Gasteiger partial charge in [-0.05, 0) is 51.4 Å². The summed E-state index contributed by atoms with van der Waals surface area (Å²) in [5.74, 6) is -1.69. The zero-order chi connectivity index (χ0) is 21.7. The minimum Gasteiger partial charge on any atom is -0.481 e. The van der Waals surface area contributed by atoms with Crippen molar-refractivity contribution in [3.8, 4) is 0 Å². The average molecular weight is 412 g/mol. The molecule has 0 fully saturated rings. The lowest BCUT2D eigenvalue weighted by atomic mass is 9.92. The Morgan fingerprint density at radius 2 is 1.60 bits per heavy atom. The summed E-state index contributed by atoms with van der Waals surface area (Å²) in [4.78, 5) is 10.9. The first-order chi connectivity index (χ1) is 14.3. The zero-order valence-corrected chi connectivity index (χ0v) is 15.9. The van der Waals surface area contributed by atoms with Crippen LogP contribution in [0, 0.1) is 11.6 Å². The Morgan fingerprint density at radius 3 is 2.03 bits per heavy atom. The zero-order valence-electron chi connectivity index (χ0n) is 15.9. The molecule has 0 spiro atoms. The summed E-state index contributed by atoms with van der Waals surface area (Å²) >= 11 is 0. The predicted molar refractivity (Wildman–Crippen MR) is 105 cm³/mol. The molecule has 9 heteroatoms. The van der Waals surface area contributed by atoms with E-state index in [-0.39, 0.29) is 0 Å². The van der Waals surface area contributed by atoms with E-state index in [0.717, 1.165) is 0 Å². The molecule has 0 amide bonds. The number of hydrogen-bond acceptors (Lipinski definition) is 5. The summed E-state index contributed by atoms with van der Waals surface area (Å²) in [5.41, 5.74) is 2.17. The Bertz CT molecular complexity index is 1040. The fraction of sp³-hybridized carbons (Fsp3) is 0.143. The second kappa shape index (κ2) is 9.19. The molecule has 2 N–H and O–H groups in total. The lowest BCUT2D eigenvalue weighted by Gasteiger charge is -2.14. The number of benzene rings is 2. The molecule has 3 rings (SSSR count). The second-order valence-electron chi connectivity index (χ2n) is 6.45. The summed E-state index contributed by atoms with van der Waals surface area (Å²) < 4.78 is 28.4. The van der Waals surface area contributed by atoms with Crippen LogP contribution in [-0.2, 0) is 11.8 Å². The largest absolute Gasteiger partial charge is 0.481 e. The fourth-order valence-electron chi connectivity index (χ4n) is 2.89. The van der Waals surface area contributed by atoms with Crippen LogP contribution in [-0.4, -0.2) is 42.5 Å². The molecular formula is C21H18F2N4O3. The van der Waals surface area contributed by atoms with Gasteiger partial charge in [-0.25, -0.2) is 13.5 Å². The molecule has 1 atom stereocenters. The van der Waals surface area contributed by atoms with Crippen LogP contribution in [0.25, 0.3) is 11.1 Å². The quantitative estimate of drug-likeness (QED) is 0.579. The maximum atomic E-state index is 13.5. The van der Waals surface area contributed by atoms with E-state index in [1.165, 1.54) is 41.1 Å². The van der Waals surface area contributed by atoms with Crippen LogP contribution in [0.15, 0.2) is 60.7 Å². The van der Waals surface area contributed by atoms with E-state index in [0.29, 0.717) is 28.1 Å². The van der Waals surface area contributed by atoms with Crippen LogP contribution in [0.4, 0.5) is 8.78 Å². The standard InChI is InChI=1S/C21H18F2N4O3/c1-27-21(24-25-26-27)18(11-10-17(28)12-19(29)30)20(13-2-6-15(22)7-3-13)14-4-8-16(23)9-5-14/h2-11,17,28H,12H2,1H3,(H,29,30)/b11-10+/t17-/m1/s1. The Labute approximate surface area is 170 Å². The van der Waals surface area contributed by atoms with Crippen LogP contribution < -0.4 is 0 Å². The SMILES string of the molecule is Cn1nnnc1C(/C=C/[C@@H](O)CC(=O)O)=C(c1ccc(F)cc1)c1ccc(F)cc1. The Hall–Kier alpha value is -3.72. The van der Waals surface area contributed by atoms with Crippen molar-refractivity contribution in [1.29, 1.82) is 0 Å². The Kier molecular flexibility index (Phi) is 6.43. The number of carboxylic acid groups (broad SMARTS) is 1. The van der Waals surface area contributed by atoms with E-state index < -0.39 is 30.1 Å². The first kappa shape index (κ1) is 21.0. The van der Waals surface area contributed by atoms with Crippen molar-refractivity contribution in [1.82, 2.24) is 20.2 Å². The number of carbonyl (C=O) groups is 1. The van der Waals surface area contributed by atoms with Crippen molar-refractivity contribution in [2.75, 3.05) is 0 Å². The van der Waals surface area contributed by atoms with Gasteiger partial charge in [0.25, 0.3) is 0 Å². The van der Waals surface area contributed by atoms with Gasteiger partial charge in [-0.1, -0.05) is 36.4 Å². The number of aliphatic hydroxyl groups excluding tert-OH is 1. The van der Waals surface area contributed by atoms with E-state index >= 15 is 0 Å². The maximum Gasteiger partial charge on any atom is 0.306 e. The van der Waals surface area contributed by atoms with Crippen LogP contribution >= 0.6 is 0 Å².